The SMILES string of the molecule is Cc1nn(-c2ccc(F)cc2)c(Cl)c1/C=N/Nc1ccc([N+](=O)[O-])cc1S(=O)(=O)Nc1ccccc1Cl. The van der Waals surface area contributed by atoms with Crippen molar-refractivity contribution in [3.63, 3.8) is 0 Å². The number of nitro benzene ring substituents is 1. The summed E-state index contributed by atoms with van der Waals surface area (Å²) in [6.45, 7) is 1.68. The fraction of sp³-hybridized carbons (Fsp3) is 0.0435. The molecular weight excluding hydrogens is 546 g/mol. The summed E-state index contributed by atoms with van der Waals surface area (Å²) >= 11 is 12.5. The summed E-state index contributed by atoms with van der Waals surface area (Å²) < 4.78 is 43.2. The summed E-state index contributed by atoms with van der Waals surface area (Å²) in [5.41, 5.74) is 3.65. The number of aromatic nitrogens is 2. The van der Waals surface area contributed by atoms with Gasteiger partial charge in [0.1, 0.15) is 15.9 Å². The van der Waals surface area contributed by atoms with E-state index >= 15 is 0 Å². The number of nitrogens with zero attached hydrogens (tertiary/aromatic N) is 4. The first kappa shape index (κ1) is 26.1. The first-order chi connectivity index (χ1) is 17.6. The molecule has 1 aromatic heterocycles. The molecule has 190 valence electrons. The average molecular weight is 563 g/mol. The summed E-state index contributed by atoms with van der Waals surface area (Å²) in [5, 5.41) is 20.0. The molecule has 0 spiro atoms. The normalized spacial score (nSPS) is 11.6. The van der Waals surface area contributed by atoms with Crippen LogP contribution in [0.15, 0.2) is 76.7 Å². The Morgan fingerprint density at radius 1 is 1.08 bits per heavy atom. The Bertz CT molecular complexity index is 1620. The van der Waals surface area contributed by atoms with Gasteiger partial charge in [0, 0.05) is 12.1 Å². The molecule has 10 nitrogen and oxygen atoms in total. The largest absolute Gasteiger partial charge is 0.278 e. The van der Waals surface area contributed by atoms with Crippen LogP contribution >= 0.6 is 23.2 Å². The van der Waals surface area contributed by atoms with Crippen molar-refractivity contribution in [2.75, 3.05) is 10.1 Å². The Balaban J connectivity index is 1.66. The third-order valence-electron chi connectivity index (χ3n) is 5.08. The highest BCUT2D eigenvalue weighted by Crippen LogP contribution is 2.30. The van der Waals surface area contributed by atoms with Gasteiger partial charge in [0.15, 0.2) is 0 Å². The number of halogens is 3. The van der Waals surface area contributed by atoms with Crippen LogP contribution in [0.1, 0.15) is 11.3 Å². The molecule has 0 unspecified atom stereocenters. The van der Waals surface area contributed by atoms with Crippen molar-refractivity contribution >= 4 is 56.5 Å². The van der Waals surface area contributed by atoms with E-state index in [9.17, 15) is 22.9 Å². The number of nitrogens with one attached hydrogen (secondary N) is 2. The number of hydrogen-bond donors (Lipinski definition) is 2. The van der Waals surface area contributed by atoms with Crippen molar-refractivity contribution < 1.29 is 17.7 Å². The van der Waals surface area contributed by atoms with Gasteiger partial charge in [0.05, 0.1) is 44.5 Å². The van der Waals surface area contributed by atoms with E-state index in [0.29, 0.717) is 16.9 Å². The minimum Gasteiger partial charge on any atom is -0.278 e. The topological polar surface area (TPSA) is 132 Å². The van der Waals surface area contributed by atoms with E-state index in [-0.39, 0.29) is 21.6 Å². The van der Waals surface area contributed by atoms with Crippen LogP contribution in [0.3, 0.4) is 0 Å². The molecule has 0 fully saturated rings. The van der Waals surface area contributed by atoms with Gasteiger partial charge >= 0.3 is 0 Å². The molecule has 0 aliphatic rings. The minimum absolute atomic E-state index is 0.0406. The number of hydrazone groups is 1. The Hall–Kier alpha value is -4.00. The minimum atomic E-state index is -4.32. The second kappa shape index (κ2) is 10.5. The van der Waals surface area contributed by atoms with Crippen LogP contribution in [-0.2, 0) is 10.0 Å². The highest BCUT2D eigenvalue weighted by Gasteiger charge is 2.23. The molecule has 2 N–H and O–H groups in total. The second-order valence-electron chi connectivity index (χ2n) is 7.57. The van der Waals surface area contributed by atoms with E-state index in [0.717, 1.165) is 12.1 Å². The van der Waals surface area contributed by atoms with Crippen molar-refractivity contribution in [3.8, 4) is 5.69 Å². The predicted molar refractivity (Wildman–Crippen MR) is 140 cm³/mol. The van der Waals surface area contributed by atoms with Gasteiger partial charge in [-0.3, -0.25) is 20.3 Å². The van der Waals surface area contributed by atoms with E-state index in [1.807, 2.05) is 0 Å². The molecule has 0 radical (unpaired) electrons. The standard InChI is InChI=1S/C23H17Cl2FN6O4S/c1-14-18(23(25)31(29-14)16-8-6-15(26)7-9-16)13-27-28-21-11-10-17(32(33)34)12-22(21)37(35,36)30-20-5-3-2-4-19(20)24/h2-13,28,30H,1H3/b27-13+. The summed E-state index contributed by atoms with van der Waals surface area (Å²) in [4.78, 5) is 10.1. The molecule has 0 saturated heterocycles. The second-order valence-corrected chi connectivity index (χ2v) is 9.99. The summed E-state index contributed by atoms with van der Waals surface area (Å²) in [7, 11) is -4.32. The lowest BCUT2D eigenvalue weighted by Crippen LogP contribution is -2.15. The first-order valence-electron chi connectivity index (χ1n) is 10.4. The maximum atomic E-state index is 13.3. The average Bonchev–Trinajstić information content (AvgIpc) is 3.14. The van der Waals surface area contributed by atoms with E-state index in [2.05, 4.69) is 20.3 Å². The molecule has 0 aliphatic heterocycles. The lowest BCUT2D eigenvalue weighted by atomic mass is 10.3. The highest BCUT2D eigenvalue weighted by molar-refractivity contribution is 7.93. The number of para-hydroxylation sites is 1. The number of sulfonamides is 1. The monoisotopic (exact) mass is 562 g/mol. The van der Waals surface area contributed by atoms with Gasteiger partial charge in [-0.1, -0.05) is 35.3 Å². The van der Waals surface area contributed by atoms with Crippen LogP contribution in [-0.4, -0.2) is 29.3 Å². The predicted octanol–water partition coefficient (Wildman–Crippen LogP) is 5.78. The van der Waals surface area contributed by atoms with Crippen molar-refractivity contribution in [2.45, 2.75) is 11.8 Å². The van der Waals surface area contributed by atoms with Gasteiger partial charge in [-0.15, -0.1) is 0 Å². The molecule has 3 aromatic carbocycles. The van der Waals surface area contributed by atoms with Crippen molar-refractivity contribution in [2.24, 2.45) is 5.10 Å². The Labute approximate surface area is 220 Å². The molecule has 0 saturated carbocycles. The number of hydrogen-bond acceptors (Lipinski definition) is 7. The van der Waals surface area contributed by atoms with Gasteiger partial charge in [0.2, 0.25) is 0 Å². The fourth-order valence-electron chi connectivity index (χ4n) is 3.26. The van der Waals surface area contributed by atoms with E-state index in [1.165, 1.54) is 53.4 Å². The molecule has 14 heteroatoms. The summed E-state index contributed by atoms with van der Waals surface area (Å²) in [5.74, 6) is -0.410. The van der Waals surface area contributed by atoms with E-state index < -0.39 is 31.3 Å². The Morgan fingerprint density at radius 3 is 2.46 bits per heavy atom. The Morgan fingerprint density at radius 2 is 1.78 bits per heavy atom. The third-order valence-corrected chi connectivity index (χ3v) is 7.18. The zero-order valence-electron chi connectivity index (χ0n) is 18.9. The number of rotatable bonds is 8. The zero-order chi connectivity index (χ0) is 26.7. The molecule has 1 heterocycles. The number of non-ortho nitro benzene ring substituents is 1. The molecule has 4 aromatic rings. The number of nitro groups is 1. The maximum absolute atomic E-state index is 13.3. The fourth-order valence-corrected chi connectivity index (χ4v) is 5.08. The third kappa shape index (κ3) is 5.71. The zero-order valence-corrected chi connectivity index (χ0v) is 21.2. The summed E-state index contributed by atoms with van der Waals surface area (Å²) in [6.07, 6.45) is 1.32. The van der Waals surface area contributed by atoms with Gasteiger partial charge < -0.3 is 0 Å². The maximum Gasteiger partial charge on any atom is 0.270 e. The van der Waals surface area contributed by atoms with Crippen molar-refractivity contribution in [3.05, 3.63) is 104 Å². The van der Waals surface area contributed by atoms with Crippen molar-refractivity contribution in [1.82, 2.24) is 9.78 Å². The molecule has 0 atom stereocenters. The van der Waals surface area contributed by atoms with Crippen LogP contribution in [0.2, 0.25) is 10.2 Å². The molecule has 4 rings (SSSR count). The van der Waals surface area contributed by atoms with Gasteiger partial charge in [-0.2, -0.15) is 10.2 Å². The Kier molecular flexibility index (Phi) is 7.43. The lowest BCUT2D eigenvalue weighted by molar-refractivity contribution is -0.385. The van der Waals surface area contributed by atoms with Gasteiger partial charge in [-0.25, -0.2) is 17.5 Å². The van der Waals surface area contributed by atoms with Gasteiger partial charge in [-0.05, 0) is 49.4 Å². The van der Waals surface area contributed by atoms with Crippen molar-refractivity contribution in [1.29, 1.82) is 0 Å². The summed E-state index contributed by atoms with van der Waals surface area (Å²) in [6, 6.07) is 15.0. The quantitative estimate of drug-likeness (QED) is 0.159. The van der Waals surface area contributed by atoms with Gasteiger partial charge in [0.25, 0.3) is 15.7 Å². The van der Waals surface area contributed by atoms with Crippen LogP contribution in [0.4, 0.5) is 21.5 Å². The molecule has 0 aliphatic carbocycles. The molecule has 0 amide bonds. The van der Waals surface area contributed by atoms with Crippen LogP contribution in [0, 0.1) is 22.9 Å². The van der Waals surface area contributed by atoms with Crippen LogP contribution in [0.5, 0.6) is 0 Å². The number of anilines is 2. The van der Waals surface area contributed by atoms with E-state index in [4.69, 9.17) is 23.2 Å². The van der Waals surface area contributed by atoms with E-state index in [1.54, 1.807) is 19.1 Å². The first-order valence-corrected chi connectivity index (χ1v) is 12.7. The highest BCUT2D eigenvalue weighted by atomic mass is 35.5. The molecule has 0 bridgehead atoms. The van der Waals surface area contributed by atoms with Crippen LogP contribution < -0.4 is 10.1 Å². The van der Waals surface area contributed by atoms with Crippen LogP contribution in [0.25, 0.3) is 5.69 Å². The molecular formula is C23H17Cl2FN6O4S. The smallest absolute Gasteiger partial charge is 0.270 e. The number of aryl methyl sites for hydroxylation is 1. The number of benzene rings is 3. The molecule has 37 heavy (non-hydrogen) atoms. The lowest BCUT2D eigenvalue weighted by Gasteiger charge is -2.12.